The Morgan fingerprint density at radius 3 is 2.43 bits per heavy atom. The van der Waals surface area contributed by atoms with Crippen molar-refractivity contribution < 1.29 is 4.79 Å². The topological polar surface area (TPSA) is 46.4 Å². The Labute approximate surface area is 170 Å². The molecule has 0 spiro atoms. The van der Waals surface area contributed by atoms with E-state index in [-0.39, 0.29) is 11.3 Å². The van der Waals surface area contributed by atoms with E-state index in [4.69, 9.17) is 0 Å². The third-order valence-electron chi connectivity index (χ3n) is 6.87. The zero-order chi connectivity index (χ0) is 19.1. The van der Waals surface area contributed by atoms with Crippen molar-refractivity contribution in [2.24, 2.45) is 28.2 Å². The molecule has 5 heteroatoms. The van der Waals surface area contributed by atoms with E-state index < -0.39 is 0 Å². The Balaban J connectivity index is 1.50. The number of nitrogens with zero attached hydrogens (tertiary/aromatic N) is 2. The second-order valence-electron chi connectivity index (χ2n) is 8.87. The molecule has 0 aliphatic heterocycles. The average Bonchev–Trinajstić information content (AvgIpc) is 3.08. The van der Waals surface area contributed by atoms with Gasteiger partial charge in [0.05, 0.1) is 17.7 Å². The highest BCUT2D eigenvalue weighted by molar-refractivity contribution is 7.07. The number of rotatable bonds is 5. The monoisotopic (exact) mass is 393 g/mol. The van der Waals surface area contributed by atoms with Gasteiger partial charge < -0.3 is 0 Å². The Hall–Kier alpha value is -2.14. The van der Waals surface area contributed by atoms with Crippen molar-refractivity contribution in [3.63, 3.8) is 0 Å². The van der Waals surface area contributed by atoms with E-state index in [0.717, 1.165) is 53.1 Å². The molecular formula is C23H27N3OS. The number of carbonyl (C=O) groups is 1. The molecule has 1 aromatic heterocycles. The van der Waals surface area contributed by atoms with Crippen molar-refractivity contribution in [1.82, 2.24) is 4.68 Å². The molecule has 1 N–H and O–H groups in total. The lowest BCUT2D eigenvalue weighted by Crippen LogP contribution is -2.53. The highest BCUT2D eigenvalue weighted by Crippen LogP contribution is 2.60. The molecule has 4 fully saturated rings. The minimum Gasteiger partial charge on any atom is -0.273 e. The molecule has 4 bridgehead atoms. The van der Waals surface area contributed by atoms with Gasteiger partial charge in [0.1, 0.15) is 0 Å². The van der Waals surface area contributed by atoms with Crippen LogP contribution in [-0.4, -0.2) is 17.1 Å². The number of hydrogen-bond acceptors (Lipinski definition) is 3. The SMILES string of the molecule is C=CCN=c1scc(-c2ccccc2)n1NC(=O)C12CC3CC(CC(C3)C1)C2. The fraction of sp³-hybridized carbons (Fsp3) is 0.478. The number of hydrogen-bond donors (Lipinski definition) is 1. The summed E-state index contributed by atoms with van der Waals surface area (Å²) in [5, 5.41) is 2.08. The molecule has 4 nitrogen and oxygen atoms in total. The summed E-state index contributed by atoms with van der Waals surface area (Å²) in [6, 6.07) is 10.2. The predicted octanol–water partition coefficient (Wildman–Crippen LogP) is 4.59. The zero-order valence-electron chi connectivity index (χ0n) is 16.1. The number of amides is 1. The lowest BCUT2D eigenvalue weighted by atomic mass is 9.49. The maximum Gasteiger partial charge on any atom is 0.245 e. The van der Waals surface area contributed by atoms with Crippen LogP contribution in [0.25, 0.3) is 11.3 Å². The number of aromatic nitrogens is 1. The van der Waals surface area contributed by atoms with Crippen LogP contribution in [-0.2, 0) is 4.79 Å². The van der Waals surface area contributed by atoms with Gasteiger partial charge >= 0.3 is 0 Å². The third kappa shape index (κ3) is 3.06. The van der Waals surface area contributed by atoms with Crippen LogP contribution in [0.3, 0.4) is 0 Å². The van der Waals surface area contributed by atoms with E-state index >= 15 is 0 Å². The normalized spacial score (nSPS) is 31.1. The molecule has 28 heavy (non-hydrogen) atoms. The molecule has 4 saturated carbocycles. The van der Waals surface area contributed by atoms with Gasteiger partial charge in [0.2, 0.25) is 10.7 Å². The smallest absolute Gasteiger partial charge is 0.245 e. The molecule has 6 rings (SSSR count). The molecular weight excluding hydrogens is 366 g/mol. The van der Waals surface area contributed by atoms with Crippen molar-refractivity contribution in [3.8, 4) is 11.3 Å². The maximum atomic E-state index is 13.6. The first-order valence-electron chi connectivity index (χ1n) is 10.4. The Morgan fingerprint density at radius 1 is 1.18 bits per heavy atom. The zero-order valence-corrected chi connectivity index (χ0v) is 17.0. The van der Waals surface area contributed by atoms with E-state index in [1.54, 1.807) is 17.4 Å². The van der Waals surface area contributed by atoms with E-state index in [2.05, 4.69) is 34.5 Å². The molecule has 1 aromatic carbocycles. The van der Waals surface area contributed by atoms with Crippen molar-refractivity contribution in [2.45, 2.75) is 38.5 Å². The van der Waals surface area contributed by atoms with Gasteiger partial charge in [0.25, 0.3) is 0 Å². The molecule has 0 radical (unpaired) electrons. The number of thiazole rings is 1. The van der Waals surface area contributed by atoms with Crippen molar-refractivity contribution in [2.75, 3.05) is 12.0 Å². The largest absolute Gasteiger partial charge is 0.273 e. The Morgan fingerprint density at radius 2 is 1.82 bits per heavy atom. The minimum atomic E-state index is -0.173. The first kappa shape index (κ1) is 17.9. The van der Waals surface area contributed by atoms with Crippen LogP contribution >= 0.6 is 11.3 Å². The lowest BCUT2D eigenvalue weighted by Gasteiger charge is -2.55. The minimum absolute atomic E-state index is 0.173. The molecule has 1 amide bonds. The molecule has 0 unspecified atom stereocenters. The van der Waals surface area contributed by atoms with Crippen molar-refractivity contribution in [3.05, 3.63) is 53.2 Å². The highest BCUT2D eigenvalue weighted by atomic mass is 32.1. The summed E-state index contributed by atoms with van der Waals surface area (Å²) in [5.74, 6) is 2.45. The number of benzene rings is 1. The van der Waals surface area contributed by atoms with Crippen LogP contribution in [0.4, 0.5) is 0 Å². The highest BCUT2D eigenvalue weighted by Gasteiger charge is 2.54. The molecule has 1 heterocycles. The van der Waals surface area contributed by atoms with Gasteiger partial charge in [0, 0.05) is 10.9 Å². The van der Waals surface area contributed by atoms with E-state index in [1.165, 1.54) is 19.3 Å². The van der Waals surface area contributed by atoms with Crippen LogP contribution in [0, 0.1) is 23.2 Å². The van der Waals surface area contributed by atoms with Gasteiger partial charge in [-0.25, -0.2) is 4.68 Å². The summed E-state index contributed by atoms with van der Waals surface area (Å²) >= 11 is 1.56. The Bertz CT molecular complexity index is 920. The van der Waals surface area contributed by atoms with E-state index in [0.29, 0.717) is 6.54 Å². The van der Waals surface area contributed by atoms with E-state index in [1.807, 2.05) is 22.9 Å². The predicted molar refractivity (Wildman–Crippen MR) is 113 cm³/mol. The van der Waals surface area contributed by atoms with Gasteiger partial charge in [0.15, 0.2) is 0 Å². The van der Waals surface area contributed by atoms with Gasteiger partial charge in [-0.05, 0) is 56.3 Å². The quantitative estimate of drug-likeness (QED) is 0.742. The van der Waals surface area contributed by atoms with Crippen LogP contribution in [0.15, 0.2) is 53.4 Å². The van der Waals surface area contributed by atoms with Crippen LogP contribution < -0.4 is 10.2 Å². The number of nitrogens with one attached hydrogen (secondary N) is 1. The summed E-state index contributed by atoms with van der Waals surface area (Å²) in [6.07, 6.45) is 9.00. The first-order chi connectivity index (χ1) is 13.7. The first-order valence-corrected chi connectivity index (χ1v) is 11.2. The van der Waals surface area contributed by atoms with Gasteiger partial charge in [-0.2, -0.15) is 0 Å². The molecule has 146 valence electrons. The van der Waals surface area contributed by atoms with E-state index in [9.17, 15) is 4.79 Å². The summed E-state index contributed by atoms with van der Waals surface area (Å²) in [5.41, 5.74) is 5.19. The number of carbonyl (C=O) groups excluding carboxylic acids is 1. The Kier molecular flexibility index (Phi) is 4.50. The van der Waals surface area contributed by atoms with Crippen LogP contribution in [0.2, 0.25) is 0 Å². The van der Waals surface area contributed by atoms with Crippen molar-refractivity contribution >= 4 is 17.2 Å². The lowest BCUT2D eigenvalue weighted by molar-refractivity contribution is -0.141. The average molecular weight is 394 g/mol. The molecule has 4 aliphatic carbocycles. The van der Waals surface area contributed by atoms with Crippen LogP contribution in [0.5, 0.6) is 0 Å². The standard InChI is InChI=1S/C23H27N3OS/c1-2-8-24-22-26(20(15-28-22)19-6-4-3-5-7-19)25-21(27)23-12-16-9-17(13-23)11-18(10-16)14-23/h2-7,15-18H,1,8-14H2,(H,25,27). The fourth-order valence-electron chi connectivity index (χ4n) is 6.09. The fourth-order valence-corrected chi connectivity index (χ4v) is 6.95. The van der Waals surface area contributed by atoms with Gasteiger partial charge in [-0.15, -0.1) is 17.9 Å². The maximum absolute atomic E-state index is 13.6. The second-order valence-corrected chi connectivity index (χ2v) is 9.71. The molecule has 0 atom stereocenters. The summed E-state index contributed by atoms with van der Waals surface area (Å²) in [6.45, 7) is 4.32. The molecule has 4 aliphatic rings. The molecule has 2 aromatic rings. The molecule has 0 saturated heterocycles. The van der Waals surface area contributed by atoms with Gasteiger partial charge in [-0.1, -0.05) is 36.4 Å². The van der Waals surface area contributed by atoms with Gasteiger partial charge in [-0.3, -0.25) is 15.2 Å². The second kappa shape index (κ2) is 7.03. The third-order valence-corrected chi connectivity index (χ3v) is 7.73. The summed E-state index contributed by atoms with van der Waals surface area (Å²) < 4.78 is 1.91. The summed E-state index contributed by atoms with van der Waals surface area (Å²) in [4.78, 5) is 19.0. The van der Waals surface area contributed by atoms with Crippen molar-refractivity contribution in [1.29, 1.82) is 0 Å². The summed E-state index contributed by atoms with van der Waals surface area (Å²) in [7, 11) is 0. The van der Waals surface area contributed by atoms with Crippen LogP contribution in [0.1, 0.15) is 38.5 Å².